The van der Waals surface area contributed by atoms with Gasteiger partial charge in [-0.3, -0.25) is 46.7 Å². The van der Waals surface area contributed by atoms with Crippen molar-refractivity contribution in [1.82, 2.24) is 29.5 Å². The van der Waals surface area contributed by atoms with E-state index >= 15 is 0 Å². The highest BCUT2D eigenvalue weighted by atomic mass is 35.5. The lowest BCUT2D eigenvalue weighted by Crippen LogP contribution is -2.48. The molecule has 3 aliphatic heterocycles. The molecule has 0 amide bonds. The van der Waals surface area contributed by atoms with Crippen LogP contribution in [0.4, 0.5) is 23.4 Å². The van der Waals surface area contributed by atoms with E-state index in [0.29, 0.717) is 17.2 Å². The lowest BCUT2D eigenvalue weighted by Gasteiger charge is -2.30. The number of benzene rings is 1. The number of rotatable bonds is 23. The Morgan fingerprint density at radius 2 is 1.45 bits per heavy atom. The highest BCUT2D eigenvalue weighted by molar-refractivity contribution is 7.47. The smallest absolute Gasteiger partial charge is 0.472 e. The Balaban J connectivity index is 0.945. The van der Waals surface area contributed by atoms with Crippen molar-refractivity contribution in [1.29, 1.82) is 0 Å². The van der Waals surface area contributed by atoms with Crippen molar-refractivity contribution in [2.75, 3.05) is 74.1 Å². The van der Waals surface area contributed by atoms with Gasteiger partial charge in [-0.1, -0.05) is 18.5 Å². The van der Waals surface area contributed by atoms with E-state index in [0.717, 1.165) is 10.9 Å². The monoisotopic (exact) mass is 1060 g/mol. The van der Waals surface area contributed by atoms with Crippen molar-refractivity contribution in [3.63, 3.8) is 0 Å². The molecule has 4 unspecified atom stereocenters. The van der Waals surface area contributed by atoms with Crippen molar-refractivity contribution < 1.29 is 90.2 Å². The molecule has 0 spiro atoms. The molecule has 13 N–H and O–H groups in total. The van der Waals surface area contributed by atoms with Crippen LogP contribution in [0.3, 0.4) is 0 Å². The van der Waals surface area contributed by atoms with Gasteiger partial charge in [-0.2, -0.15) is 9.97 Å². The predicted molar refractivity (Wildman–Crippen MR) is 234 cm³/mol. The van der Waals surface area contributed by atoms with Crippen LogP contribution in [0.1, 0.15) is 19.6 Å². The van der Waals surface area contributed by atoms with Crippen LogP contribution in [0.2, 0.25) is 5.02 Å². The van der Waals surface area contributed by atoms with Gasteiger partial charge in [0.05, 0.1) is 46.0 Å². The number of aliphatic hydroxyl groups is 3. The van der Waals surface area contributed by atoms with Gasteiger partial charge in [0.1, 0.15) is 60.8 Å². The van der Waals surface area contributed by atoms with Gasteiger partial charge in [0.15, 0.2) is 29.4 Å². The van der Waals surface area contributed by atoms with E-state index in [2.05, 4.69) is 29.4 Å². The fraction of sp³-hybridized carbons (Fsp3) is 0.559. The molecule has 0 radical (unpaired) electrons. The van der Waals surface area contributed by atoms with E-state index < -0.39 is 116 Å². The molecule has 6 heterocycles. The molecular formula is C34H48ClN10O21P3. The fourth-order valence-electron chi connectivity index (χ4n) is 7.30. The van der Waals surface area contributed by atoms with E-state index in [9.17, 15) is 58.2 Å². The molecular weight excluding hydrogens is 1010 g/mol. The van der Waals surface area contributed by atoms with E-state index in [1.807, 2.05) is 0 Å². The van der Waals surface area contributed by atoms with Crippen molar-refractivity contribution in [2.45, 2.75) is 68.5 Å². The van der Waals surface area contributed by atoms with E-state index in [1.54, 1.807) is 36.1 Å². The number of halogens is 1. The molecule has 31 nitrogen and oxygen atoms in total. The number of hydrogen-bond donors (Lipinski definition) is 11. The molecule has 0 bridgehead atoms. The second-order valence-electron chi connectivity index (χ2n) is 15.4. The molecule has 69 heavy (non-hydrogen) atoms. The molecule has 2 fully saturated rings. The first kappa shape index (κ1) is 52.6. The molecule has 11 atom stereocenters. The number of nitrogen functional groups attached to an aromatic ring is 2. The maximum Gasteiger partial charge on any atom is 0.472 e. The molecule has 3 aromatic heterocycles. The van der Waals surface area contributed by atoms with Crippen LogP contribution in [0.15, 0.2) is 40.2 Å². The highest BCUT2D eigenvalue weighted by Crippen LogP contribution is 2.49. The summed E-state index contributed by atoms with van der Waals surface area (Å²) in [4.78, 5) is 85.2. The summed E-state index contributed by atoms with van der Waals surface area (Å²) in [6.07, 6.45) is -12.2. The summed E-state index contributed by atoms with van der Waals surface area (Å²) in [5, 5.41) is 33.2. The van der Waals surface area contributed by atoms with Gasteiger partial charge in [-0.05, 0) is 30.7 Å². The maximum atomic E-state index is 13.2. The maximum absolute atomic E-state index is 13.2. The molecule has 2 saturated heterocycles. The van der Waals surface area contributed by atoms with Crippen molar-refractivity contribution in [2.24, 2.45) is 0 Å². The van der Waals surface area contributed by atoms with Crippen molar-refractivity contribution in [3.8, 4) is 5.75 Å². The zero-order chi connectivity index (χ0) is 50.0. The topological polar surface area (TPSA) is 444 Å². The van der Waals surface area contributed by atoms with E-state index in [-0.39, 0.29) is 61.0 Å². The van der Waals surface area contributed by atoms with Crippen LogP contribution < -0.4 is 37.1 Å². The van der Waals surface area contributed by atoms with Gasteiger partial charge >= 0.3 is 23.5 Å². The summed E-state index contributed by atoms with van der Waals surface area (Å²) in [6, 6.07) is 6.62. The molecule has 0 aliphatic carbocycles. The van der Waals surface area contributed by atoms with Crippen molar-refractivity contribution >= 4 is 69.6 Å². The zero-order valence-electron chi connectivity index (χ0n) is 35.9. The number of nitrogens with zero attached hydrogens (tertiary/aromatic N) is 6. The second-order valence-corrected chi connectivity index (χ2v) is 19.9. The summed E-state index contributed by atoms with van der Waals surface area (Å²) in [7, 11) is -15.9. The number of phosphoric ester groups is 3. The van der Waals surface area contributed by atoms with Crippen LogP contribution in [-0.4, -0.2) is 166 Å². The third kappa shape index (κ3) is 12.8. The minimum atomic E-state index is -5.45. The number of imidazole rings is 1. The second kappa shape index (κ2) is 21.7. The van der Waals surface area contributed by atoms with Gasteiger partial charge in [0, 0.05) is 11.6 Å². The van der Waals surface area contributed by atoms with Gasteiger partial charge in [0.25, 0.3) is 11.1 Å². The number of H-pyrrole nitrogens is 2. The number of fused-ring (bicyclic) bond motifs is 2. The SMILES string of the molecule is CCCO[C@H]1C(N2CN(CCOc3ccc(Cl)cc3)c3c2nc(N)[nH]c3=O)O[C@H](COP(=O)(O)OCC(COP(=O)(O)OC[C@H]2O[C@@H](n3cnc4c(=O)[nH]c(N)nc43)[C@H](O)[C@@H]2O)OP(=O)(O)O)[C@H]1O. The molecule has 0 saturated carbocycles. The molecule has 7 rings (SSSR count). The Morgan fingerprint density at radius 3 is 2.09 bits per heavy atom. The number of aliphatic hydroxyl groups excluding tert-OH is 3. The van der Waals surface area contributed by atoms with Crippen LogP contribution in [0.25, 0.3) is 11.2 Å². The summed E-state index contributed by atoms with van der Waals surface area (Å²) in [5.41, 5.74) is 10.0. The Morgan fingerprint density at radius 1 is 0.841 bits per heavy atom. The fourth-order valence-corrected chi connectivity index (χ4v) is 9.47. The van der Waals surface area contributed by atoms with Crippen LogP contribution >= 0.6 is 35.1 Å². The average molecular weight is 1060 g/mol. The number of ether oxygens (including phenoxy) is 4. The minimum absolute atomic E-state index is 0.0472. The third-order valence-electron chi connectivity index (χ3n) is 10.4. The van der Waals surface area contributed by atoms with Gasteiger partial charge in [-0.15, -0.1) is 0 Å². The summed E-state index contributed by atoms with van der Waals surface area (Å²) in [6.45, 7) is -2.10. The number of nitrogens with two attached hydrogens (primary N) is 2. The number of anilines is 4. The Kier molecular flexibility index (Phi) is 16.5. The molecule has 1 aromatic carbocycles. The first-order chi connectivity index (χ1) is 32.5. The predicted octanol–water partition coefficient (Wildman–Crippen LogP) is -1.37. The van der Waals surface area contributed by atoms with Gasteiger partial charge in [-0.25, -0.2) is 18.7 Å². The number of phosphoric acid groups is 3. The Bertz CT molecular complexity index is 2700. The van der Waals surface area contributed by atoms with E-state index in [1.165, 1.54) is 4.90 Å². The first-order valence-corrected chi connectivity index (χ1v) is 25.4. The third-order valence-corrected chi connectivity index (χ3v) is 13.1. The first-order valence-electron chi connectivity index (χ1n) is 20.5. The standard InChI is InChI=1S/C34H48ClN10O21P3/c1-2-8-59-26-24(47)20(65-32(26)45-15-43(22-28(45)40-34(37)42-30(22)50)7-9-58-17-5-3-16(35)4-6-17)13-63-69(56,57)61-11-18(66-67(51,52)53)10-60-68(54,55)62-12-19-23(46)25(48)31(64-19)44-14-38-21-27(44)39-33(36)41-29(21)49/h3-6,14,18-20,23-26,31-32,46-48H,2,7-13,15H2,1H3,(H,54,55)(H,56,57)(H2,51,52,53)(H3,36,39,41,49)(H3,37,40,42,50)/t18?,19-,20-,23-,24-,25-,26-,31-,32?/m1/s1. The lowest BCUT2D eigenvalue weighted by atomic mass is 10.1. The molecule has 35 heteroatoms. The van der Waals surface area contributed by atoms with Crippen LogP contribution in [-0.2, 0) is 50.5 Å². The largest absolute Gasteiger partial charge is 0.492 e. The molecule has 4 aromatic rings. The zero-order valence-corrected chi connectivity index (χ0v) is 39.3. The normalized spacial score (nSPS) is 26.0. The van der Waals surface area contributed by atoms with E-state index in [4.69, 9.17) is 60.1 Å². The summed E-state index contributed by atoms with van der Waals surface area (Å²) < 4.78 is 86.4. The van der Waals surface area contributed by atoms with Gasteiger partial charge in [0.2, 0.25) is 11.9 Å². The van der Waals surface area contributed by atoms with Crippen LogP contribution in [0.5, 0.6) is 5.75 Å². The van der Waals surface area contributed by atoms with Gasteiger partial charge < -0.3 is 75.1 Å². The quantitative estimate of drug-likeness (QED) is 0.0382. The Labute approximate surface area is 393 Å². The lowest BCUT2D eigenvalue weighted by molar-refractivity contribution is -0.0527. The molecule has 382 valence electrons. The molecule has 3 aliphatic rings. The number of aromatic amines is 2. The highest BCUT2D eigenvalue weighted by Gasteiger charge is 2.51. The number of nitrogens with one attached hydrogen (secondary N) is 2. The summed E-state index contributed by atoms with van der Waals surface area (Å²) in [5.74, 6) is 0.0607. The average Bonchev–Trinajstić information content (AvgIpc) is 4.02. The van der Waals surface area contributed by atoms with Crippen molar-refractivity contribution in [3.05, 3.63) is 56.3 Å². The number of hydrogen-bond acceptors (Lipinski definition) is 24. The summed E-state index contributed by atoms with van der Waals surface area (Å²) >= 11 is 5.96. The van der Waals surface area contributed by atoms with Crippen LogP contribution in [0, 0.1) is 0 Å². The number of aromatic nitrogens is 6. The Hall–Kier alpha value is -4.17. The minimum Gasteiger partial charge on any atom is -0.492 e.